The zero-order valence-electron chi connectivity index (χ0n) is 14.9. The van der Waals surface area contributed by atoms with Gasteiger partial charge in [0.15, 0.2) is 16.5 Å². The van der Waals surface area contributed by atoms with E-state index in [0.29, 0.717) is 21.0 Å². The molecule has 0 bridgehead atoms. The maximum atomic E-state index is 13.0. The number of ether oxygens (including phenoxy) is 2. The topological polar surface area (TPSA) is 96.0 Å². The second-order valence-electron chi connectivity index (χ2n) is 6.59. The molecule has 2 aromatic carbocycles. The molecule has 28 heavy (non-hydrogen) atoms. The van der Waals surface area contributed by atoms with E-state index in [1.807, 2.05) is 26.0 Å². The number of nitrogens with zero attached hydrogens (tertiary/aromatic N) is 3. The predicted octanol–water partition coefficient (Wildman–Crippen LogP) is 2.71. The van der Waals surface area contributed by atoms with E-state index in [0.717, 1.165) is 22.2 Å². The number of rotatable bonds is 2. The Labute approximate surface area is 161 Å². The van der Waals surface area contributed by atoms with Crippen LogP contribution in [0.15, 0.2) is 29.1 Å². The second-order valence-corrected chi connectivity index (χ2v) is 7.60. The smallest absolute Gasteiger partial charge is 0.280 e. The van der Waals surface area contributed by atoms with E-state index in [2.05, 4.69) is 4.98 Å². The Morgan fingerprint density at radius 3 is 2.64 bits per heavy atom. The third kappa shape index (κ3) is 2.36. The van der Waals surface area contributed by atoms with Gasteiger partial charge in [0.05, 0.1) is 32.1 Å². The lowest BCUT2D eigenvalue weighted by Crippen LogP contribution is -2.22. The van der Waals surface area contributed by atoms with E-state index in [1.165, 1.54) is 29.5 Å². The van der Waals surface area contributed by atoms with Crippen LogP contribution >= 0.6 is 11.3 Å². The summed E-state index contributed by atoms with van der Waals surface area (Å²) in [6.07, 6.45) is 1.51. The number of imidazole rings is 1. The second kappa shape index (κ2) is 5.77. The van der Waals surface area contributed by atoms with Crippen molar-refractivity contribution >= 4 is 39.1 Å². The van der Waals surface area contributed by atoms with Gasteiger partial charge in [0.2, 0.25) is 6.79 Å². The summed E-state index contributed by atoms with van der Waals surface area (Å²) in [4.78, 5) is 29.0. The van der Waals surface area contributed by atoms with Gasteiger partial charge in [-0.15, -0.1) is 0 Å². The summed E-state index contributed by atoms with van der Waals surface area (Å²) in [6.45, 7) is 3.99. The van der Waals surface area contributed by atoms with Crippen LogP contribution in [0.4, 0.5) is 5.69 Å². The molecular weight excluding hydrogens is 382 g/mol. The molecule has 9 heteroatoms. The average Bonchev–Trinajstić information content (AvgIpc) is 3.31. The van der Waals surface area contributed by atoms with Gasteiger partial charge in [-0.25, -0.2) is 9.38 Å². The minimum Gasteiger partial charge on any atom is -0.454 e. The molecule has 0 fully saturated rings. The van der Waals surface area contributed by atoms with Crippen LogP contribution < -0.4 is 19.6 Å². The minimum absolute atomic E-state index is 0.0142. The number of aromatic nitrogens is 2. The number of aryl methyl sites for hydroxylation is 2. The molecule has 4 aromatic rings. The number of thiazole rings is 1. The highest BCUT2D eigenvalue weighted by molar-refractivity contribution is 7.15. The highest BCUT2D eigenvalue weighted by Gasteiger charge is 2.23. The summed E-state index contributed by atoms with van der Waals surface area (Å²) >= 11 is 1.20. The van der Waals surface area contributed by atoms with Crippen LogP contribution in [0, 0.1) is 24.0 Å². The highest BCUT2D eigenvalue weighted by Crippen LogP contribution is 2.38. The number of hydrogen-bond acceptors (Lipinski definition) is 7. The molecule has 0 aliphatic carbocycles. The van der Waals surface area contributed by atoms with Crippen LogP contribution in [0.3, 0.4) is 0 Å². The van der Waals surface area contributed by atoms with Gasteiger partial charge < -0.3 is 9.47 Å². The van der Waals surface area contributed by atoms with Crippen molar-refractivity contribution in [1.82, 2.24) is 9.38 Å². The first-order valence-corrected chi connectivity index (χ1v) is 9.26. The quantitative estimate of drug-likeness (QED) is 0.382. The Bertz CT molecular complexity index is 1420. The molecular formula is C19H13N3O5S. The lowest BCUT2D eigenvalue weighted by atomic mass is 10.1. The summed E-state index contributed by atoms with van der Waals surface area (Å²) in [5.74, 6) is 0.742. The molecule has 3 heterocycles. The predicted molar refractivity (Wildman–Crippen MR) is 104 cm³/mol. The first-order chi connectivity index (χ1) is 13.4. The molecule has 140 valence electrons. The van der Waals surface area contributed by atoms with E-state index in [1.54, 1.807) is 4.40 Å². The van der Waals surface area contributed by atoms with Crippen LogP contribution in [0.5, 0.6) is 11.5 Å². The van der Waals surface area contributed by atoms with Gasteiger partial charge in [-0.05, 0) is 49.2 Å². The van der Waals surface area contributed by atoms with Crippen LogP contribution in [0.2, 0.25) is 0 Å². The van der Waals surface area contributed by atoms with Gasteiger partial charge in [-0.1, -0.05) is 11.3 Å². The van der Waals surface area contributed by atoms with Gasteiger partial charge in [0.1, 0.15) is 0 Å². The average molecular weight is 395 g/mol. The van der Waals surface area contributed by atoms with Crippen molar-refractivity contribution in [2.45, 2.75) is 13.8 Å². The van der Waals surface area contributed by atoms with E-state index in [-0.39, 0.29) is 23.6 Å². The molecule has 8 nitrogen and oxygen atoms in total. The fraction of sp³-hybridized carbons (Fsp3) is 0.158. The van der Waals surface area contributed by atoms with Gasteiger partial charge >= 0.3 is 0 Å². The molecule has 0 saturated carbocycles. The zero-order chi connectivity index (χ0) is 19.6. The first kappa shape index (κ1) is 16.7. The number of benzene rings is 2. The largest absolute Gasteiger partial charge is 0.454 e. The summed E-state index contributed by atoms with van der Waals surface area (Å²) in [5.41, 5.74) is 3.55. The molecule has 0 spiro atoms. The third-order valence-electron chi connectivity index (χ3n) is 4.86. The number of hydrogen-bond donors (Lipinski definition) is 0. The third-order valence-corrected chi connectivity index (χ3v) is 5.83. The maximum Gasteiger partial charge on any atom is 0.280 e. The highest BCUT2D eigenvalue weighted by atomic mass is 32.1. The molecule has 0 unspecified atom stereocenters. The number of nitro groups is 1. The van der Waals surface area contributed by atoms with E-state index in [9.17, 15) is 14.9 Å². The molecule has 1 aliphatic heterocycles. The van der Waals surface area contributed by atoms with E-state index >= 15 is 0 Å². The molecule has 0 N–H and O–H groups in total. The normalized spacial score (nSPS) is 13.7. The van der Waals surface area contributed by atoms with Crippen LogP contribution in [-0.4, -0.2) is 21.1 Å². The van der Waals surface area contributed by atoms with Crippen LogP contribution in [-0.2, 0) is 0 Å². The maximum absolute atomic E-state index is 13.0. The van der Waals surface area contributed by atoms with E-state index in [4.69, 9.17) is 9.47 Å². The van der Waals surface area contributed by atoms with Crippen molar-refractivity contribution in [1.29, 1.82) is 0 Å². The monoisotopic (exact) mass is 395 g/mol. The summed E-state index contributed by atoms with van der Waals surface area (Å²) in [7, 11) is 0. The Balaban J connectivity index is 1.77. The first-order valence-electron chi connectivity index (χ1n) is 8.44. The van der Waals surface area contributed by atoms with Gasteiger partial charge in [0.25, 0.3) is 11.2 Å². The van der Waals surface area contributed by atoms with Gasteiger partial charge in [-0.3, -0.25) is 14.9 Å². The Morgan fingerprint density at radius 1 is 1.18 bits per heavy atom. The van der Waals surface area contributed by atoms with E-state index < -0.39 is 4.92 Å². The Morgan fingerprint density at radius 2 is 1.89 bits per heavy atom. The standard InChI is InChI=1S/C19H13N3O5S/c1-9-3-12-14(4-10(9)2)21-18(23)17(28-19(21)20-12)6-11-5-15-16(27-8-26-15)7-13(11)22(24)25/h3-7H,8H2,1-2H3/b17-6-. The zero-order valence-corrected chi connectivity index (χ0v) is 15.7. The van der Waals surface area contributed by atoms with Crippen LogP contribution in [0.1, 0.15) is 16.7 Å². The van der Waals surface area contributed by atoms with Gasteiger partial charge in [-0.2, -0.15) is 0 Å². The molecule has 0 radical (unpaired) electrons. The van der Waals surface area contributed by atoms with Crippen LogP contribution in [0.25, 0.3) is 22.1 Å². The summed E-state index contributed by atoms with van der Waals surface area (Å²) in [5, 5.41) is 11.5. The Hall–Kier alpha value is -3.46. The molecule has 0 saturated heterocycles. The SMILES string of the molecule is Cc1cc2nc3s/c(=C\c4cc5c(cc4[N+](=O)[O-])OCO5)c(=O)n3c2cc1C. The molecule has 5 rings (SSSR count). The van der Waals surface area contributed by atoms with Crippen molar-refractivity contribution < 1.29 is 14.4 Å². The fourth-order valence-electron chi connectivity index (χ4n) is 3.28. The van der Waals surface area contributed by atoms with Gasteiger partial charge in [0, 0.05) is 0 Å². The number of nitro benzene ring substituents is 1. The fourth-order valence-corrected chi connectivity index (χ4v) is 4.26. The molecule has 0 amide bonds. The van der Waals surface area contributed by atoms with Crippen molar-refractivity contribution in [3.8, 4) is 11.5 Å². The lowest BCUT2D eigenvalue weighted by molar-refractivity contribution is -0.385. The molecule has 0 atom stereocenters. The molecule has 1 aliphatic rings. The van der Waals surface area contributed by atoms with Crippen molar-refractivity contribution in [3.05, 3.63) is 66.0 Å². The lowest BCUT2D eigenvalue weighted by Gasteiger charge is -2.00. The Kier molecular flexibility index (Phi) is 3.44. The van der Waals surface area contributed by atoms with Crippen molar-refractivity contribution in [3.63, 3.8) is 0 Å². The molecule has 2 aromatic heterocycles. The number of fused-ring (bicyclic) bond motifs is 4. The summed E-state index contributed by atoms with van der Waals surface area (Å²) < 4.78 is 12.4. The summed E-state index contributed by atoms with van der Waals surface area (Å²) in [6, 6.07) is 6.73. The minimum atomic E-state index is -0.501. The van der Waals surface area contributed by atoms with Crippen molar-refractivity contribution in [2.24, 2.45) is 0 Å². The van der Waals surface area contributed by atoms with Crippen molar-refractivity contribution in [2.75, 3.05) is 6.79 Å².